The van der Waals surface area contributed by atoms with E-state index in [-0.39, 0.29) is 0 Å². The summed E-state index contributed by atoms with van der Waals surface area (Å²) in [5.74, 6) is 0. The van der Waals surface area contributed by atoms with Crippen LogP contribution in [0.1, 0.15) is 20.3 Å². The third-order valence-electron chi connectivity index (χ3n) is 1.25. The van der Waals surface area contributed by atoms with E-state index in [0.29, 0.717) is 13.2 Å². The Balaban J connectivity index is 2.85. The van der Waals surface area contributed by atoms with Crippen molar-refractivity contribution in [3.8, 4) is 0 Å². The van der Waals surface area contributed by atoms with Crippen molar-refractivity contribution < 1.29 is 9.47 Å². The van der Waals surface area contributed by atoms with Crippen LogP contribution in [0.4, 0.5) is 0 Å². The van der Waals surface area contributed by atoms with Gasteiger partial charge >= 0.3 is 0 Å². The summed E-state index contributed by atoms with van der Waals surface area (Å²) in [7, 11) is 0. The Hall–Kier alpha value is -0.340. The molecule has 2 nitrogen and oxygen atoms in total. The molecule has 0 atom stereocenters. The van der Waals surface area contributed by atoms with E-state index in [4.69, 9.17) is 9.47 Å². The van der Waals surface area contributed by atoms with Crippen LogP contribution in [0.15, 0.2) is 12.2 Å². The molecular formula is C9H18O2. The molecule has 66 valence electrons. The first-order valence-corrected chi connectivity index (χ1v) is 4.07. The van der Waals surface area contributed by atoms with Gasteiger partial charge in [0.15, 0.2) is 0 Å². The van der Waals surface area contributed by atoms with Crippen LogP contribution < -0.4 is 0 Å². The molecule has 11 heavy (non-hydrogen) atoms. The van der Waals surface area contributed by atoms with Gasteiger partial charge in [-0.25, -0.2) is 0 Å². The summed E-state index contributed by atoms with van der Waals surface area (Å²) in [5.41, 5.74) is 1.17. The Morgan fingerprint density at radius 1 is 1.18 bits per heavy atom. The third kappa shape index (κ3) is 9.66. The number of hydrogen-bond donors (Lipinski definition) is 0. The van der Waals surface area contributed by atoms with Crippen molar-refractivity contribution in [2.24, 2.45) is 0 Å². The lowest BCUT2D eigenvalue weighted by Gasteiger charge is -2.03. The minimum Gasteiger partial charge on any atom is -0.379 e. The summed E-state index contributed by atoms with van der Waals surface area (Å²) in [5, 5.41) is 0. The molecule has 0 N–H and O–H groups in total. The van der Waals surface area contributed by atoms with Gasteiger partial charge in [-0.1, -0.05) is 5.57 Å². The molecule has 0 unspecified atom stereocenters. The van der Waals surface area contributed by atoms with Crippen LogP contribution in [-0.2, 0) is 9.47 Å². The molecule has 0 aromatic heterocycles. The summed E-state index contributed by atoms with van der Waals surface area (Å²) in [6.45, 7) is 10.7. The zero-order valence-corrected chi connectivity index (χ0v) is 7.56. The molecule has 0 fully saturated rings. The van der Waals surface area contributed by atoms with Crippen molar-refractivity contribution in [1.82, 2.24) is 0 Å². The lowest BCUT2D eigenvalue weighted by Crippen LogP contribution is -2.04. The smallest absolute Gasteiger partial charge is 0.0700 e. The van der Waals surface area contributed by atoms with E-state index in [0.717, 1.165) is 19.6 Å². The Labute approximate surface area is 69.2 Å². The third-order valence-corrected chi connectivity index (χ3v) is 1.25. The lowest BCUT2D eigenvalue weighted by atomic mass is 10.3. The Bertz CT molecular complexity index is 99.7. The average molecular weight is 158 g/mol. The summed E-state index contributed by atoms with van der Waals surface area (Å²) in [4.78, 5) is 0. The highest BCUT2D eigenvalue weighted by atomic mass is 16.5. The van der Waals surface area contributed by atoms with E-state index in [1.165, 1.54) is 5.57 Å². The molecule has 0 amide bonds. The largest absolute Gasteiger partial charge is 0.379 e. The van der Waals surface area contributed by atoms with Gasteiger partial charge < -0.3 is 9.47 Å². The maximum absolute atomic E-state index is 5.26. The van der Waals surface area contributed by atoms with E-state index < -0.39 is 0 Å². The number of rotatable bonds is 7. The Morgan fingerprint density at radius 3 is 2.36 bits per heavy atom. The first-order valence-electron chi connectivity index (χ1n) is 4.07. The Kier molecular flexibility index (Phi) is 7.52. The molecular weight excluding hydrogens is 140 g/mol. The van der Waals surface area contributed by atoms with Gasteiger partial charge in [0.2, 0.25) is 0 Å². The maximum atomic E-state index is 5.26. The SMILES string of the molecule is C=C(C)CCOCCOCC. The number of ether oxygens (including phenoxy) is 2. The molecule has 0 saturated carbocycles. The summed E-state index contributed by atoms with van der Waals surface area (Å²) in [6, 6.07) is 0. The predicted molar refractivity (Wildman–Crippen MR) is 46.7 cm³/mol. The van der Waals surface area contributed by atoms with E-state index in [1.807, 2.05) is 13.8 Å². The van der Waals surface area contributed by atoms with Gasteiger partial charge in [-0.15, -0.1) is 6.58 Å². The van der Waals surface area contributed by atoms with Crippen LogP contribution in [0.25, 0.3) is 0 Å². The van der Waals surface area contributed by atoms with Crippen molar-refractivity contribution in [3.05, 3.63) is 12.2 Å². The second-order valence-corrected chi connectivity index (χ2v) is 2.52. The van der Waals surface area contributed by atoms with Crippen molar-refractivity contribution in [2.45, 2.75) is 20.3 Å². The predicted octanol–water partition coefficient (Wildman–Crippen LogP) is 2.01. The van der Waals surface area contributed by atoms with Gasteiger partial charge in [0.05, 0.1) is 19.8 Å². The van der Waals surface area contributed by atoms with Crippen LogP contribution in [-0.4, -0.2) is 26.4 Å². The van der Waals surface area contributed by atoms with E-state index in [2.05, 4.69) is 6.58 Å². The maximum Gasteiger partial charge on any atom is 0.0700 e. The lowest BCUT2D eigenvalue weighted by molar-refractivity contribution is 0.0541. The standard InChI is InChI=1S/C9H18O2/c1-4-10-7-8-11-6-5-9(2)3/h2,4-8H2,1,3H3. The summed E-state index contributed by atoms with van der Waals surface area (Å²) < 4.78 is 10.4. The molecule has 0 radical (unpaired) electrons. The molecule has 0 aliphatic rings. The minimum atomic E-state index is 0.696. The molecule has 0 aliphatic heterocycles. The Morgan fingerprint density at radius 2 is 1.82 bits per heavy atom. The second kappa shape index (κ2) is 7.76. The molecule has 0 heterocycles. The average Bonchev–Trinajstić information content (AvgIpc) is 1.96. The van der Waals surface area contributed by atoms with Crippen LogP contribution in [0.5, 0.6) is 0 Å². The monoisotopic (exact) mass is 158 g/mol. The molecule has 2 heteroatoms. The van der Waals surface area contributed by atoms with Crippen LogP contribution in [0, 0.1) is 0 Å². The fourth-order valence-electron chi connectivity index (χ4n) is 0.611. The van der Waals surface area contributed by atoms with Gasteiger partial charge in [0, 0.05) is 6.61 Å². The normalized spacial score (nSPS) is 10.0. The summed E-state index contributed by atoms with van der Waals surface area (Å²) in [6.07, 6.45) is 0.951. The highest BCUT2D eigenvalue weighted by Crippen LogP contribution is 1.94. The van der Waals surface area contributed by atoms with Crippen LogP contribution >= 0.6 is 0 Å². The first-order chi connectivity index (χ1) is 5.27. The zero-order chi connectivity index (χ0) is 8.53. The van der Waals surface area contributed by atoms with E-state index >= 15 is 0 Å². The van der Waals surface area contributed by atoms with Crippen molar-refractivity contribution in [2.75, 3.05) is 26.4 Å². The van der Waals surface area contributed by atoms with Gasteiger partial charge in [0.1, 0.15) is 0 Å². The molecule has 0 bridgehead atoms. The van der Waals surface area contributed by atoms with Gasteiger partial charge in [0.25, 0.3) is 0 Å². The molecule has 0 aromatic rings. The van der Waals surface area contributed by atoms with E-state index in [9.17, 15) is 0 Å². The molecule has 0 aromatic carbocycles. The van der Waals surface area contributed by atoms with Crippen molar-refractivity contribution >= 4 is 0 Å². The zero-order valence-electron chi connectivity index (χ0n) is 7.56. The fourth-order valence-corrected chi connectivity index (χ4v) is 0.611. The van der Waals surface area contributed by atoms with Crippen molar-refractivity contribution in [1.29, 1.82) is 0 Å². The fraction of sp³-hybridized carbons (Fsp3) is 0.778. The van der Waals surface area contributed by atoms with E-state index in [1.54, 1.807) is 0 Å². The quantitative estimate of drug-likeness (QED) is 0.417. The van der Waals surface area contributed by atoms with Gasteiger partial charge in [-0.3, -0.25) is 0 Å². The first kappa shape index (κ1) is 10.7. The highest BCUT2D eigenvalue weighted by Gasteiger charge is 1.88. The molecule has 0 rings (SSSR count). The summed E-state index contributed by atoms with van der Waals surface area (Å²) >= 11 is 0. The highest BCUT2D eigenvalue weighted by molar-refractivity contribution is 4.86. The molecule has 0 saturated heterocycles. The molecule has 0 aliphatic carbocycles. The molecule has 0 spiro atoms. The topological polar surface area (TPSA) is 18.5 Å². The van der Waals surface area contributed by atoms with Gasteiger partial charge in [-0.2, -0.15) is 0 Å². The number of hydrogen-bond acceptors (Lipinski definition) is 2. The minimum absolute atomic E-state index is 0.696. The van der Waals surface area contributed by atoms with Crippen LogP contribution in [0.3, 0.4) is 0 Å². The van der Waals surface area contributed by atoms with Gasteiger partial charge in [-0.05, 0) is 20.3 Å². The van der Waals surface area contributed by atoms with Crippen LogP contribution in [0.2, 0.25) is 0 Å². The second-order valence-electron chi connectivity index (χ2n) is 2.52. The van der Waals surface area contributed by atoms with Crippen molar-refractivity contribution in [3.63, 3.8) is 0 Å².